The Morgan fingerprint density at radius 1 is 1.35 bits per heavy atom. The normalized spacial score (nSPS) is 20.6. The standard InChI is InChI=1S/C13H27N3O3S/c1-5-20(18,19)16-8-6-10(7-9-16)15-12(17)11(14)13(2,3)4/h10-11H,5-9,14H2,1-4H3,(H,15,17)/t11-/m1/s1. The molecule has 1 fully saturated rings. The quantitative estimate of drug-likeness (QED) is 0.781. The summed E-state index contributed by atoms with van der Waals surface area (Å²) >= 11 is 0. The monoisotopic (exact) mass is 305 g/mol. The van der Waals surface area contributed by atoms with Crippen LogP contribution in [0.1, 0.15) is 40.5 Å². The molecule has 0 unspecified atom stereocenters. The van der Waals surface area contributed by atoms with Crippen LogP contribution in [-0.2, 0) is 14.8 Å². The summed E-state index contributed by atoms with van der Waals surface area (Å²) in [7, 11) is -3.12. The van der Waals surface area contributed by atoms with E-state index < -0.39 is 16.1 Å². The van der Waals surface area contributed by atoms with Crippen molar-refractivity contribution in [2.24, 2.45) is 11.1 Å². The van der Waals surface area contributed by atoms with Crippen molar-refractivity contribution in [2.45, 2.75) is 52.6 Å². The van der Waals surface area contributed by atoms with E-state index in [0.29, 0.717) is 25.9 Å². The third-order valence-electron chi connectivity index (χ3n) is 3.77. The van der Waals surface area contributed by atoms with Crippen molar-refractivity contribution in [3.63, 3.8) is 0 Å². The molecule has 0 spiro atoms. The Balaban J connectivity index is 2.50. The van der Waals surface area contributed by atoms with E-state index in [9.17, 15) is 13.2 Å². The molecule has 1 saturated heterocycles. The average Bonchev–Trinajstić information content (AvgIpc) is 2.37. The van der Waals surface area contributed by atoms with E-state index in [1.165, 1.54) is 4.31 Å². The van der Waals surface area contributed by atoms with E-state index in [2.05, 4.69) is 5.32 Å². The smallest absolute Gasteiger partial charge is 0.237 e. The Morgan fingerprint density at radius 3 is 2.25 bits per heavy atom. The van der Waals surface area contributed by atoms with Gasteiger partial charge in [-0.05, 0) is 25.2 Å². The third-order valence-corrected chi connectivity index (χ3v) is 5.66. The Morgan fingerprint density at radius 2 is 1.85 bits per heavy atom. The van der Waals surface area contributed by atoms with E-state index >= 15 is 0 Å². The second-order valence-electron chi connectivity index (χ2n) is 6.43. The van der Waals surface area contributed by atoms with Crippen LogP contribution in [0.5, 0.6) is 0 Å². The predicted molar refractivity (Wildman–Crippen MR) is 79.6 cm³/mol. The van der Waals surface area contributed by atoms with Crippen LogP contribution in [0.15, 0.2) is 0 Å². The van der Waals surface area contributed by atoms with Gasteiger partial charge < -0.3 is 11.1 Å². The minimum Gasteiger partial charge on any atom is -0.352 e. The van der Waals surface area contributed by atoms with Crippen molar-refractivity contribution in [1.82, 2.24) is 9.62 Å². The lowest BCUT2D eigenvalue weighted by atomic mass is 9.86. The van der Waals surface area contributed by atoms with Gasteiger partial charge in [0.2, 0.25) is 15.9 Å². The summed E-state index contributed by atoms with van der Waals surface area (Å²) in [5.74, 6) is -0.0341. The van der Waals surface area contributed by atoms with Crippen molar-refractivity contribution in [2.75, 3.05) is 18.8 Å². The fraction of sp³-hybridized carbons (Fsp3) is 0.923. The first-order valence-corrected chi connectivity index (χ1v) is 8.72. The lowest BCUT2D eigenvalue weighted by molar-refractivity contribution is -0.125. The minimum absolute atomic E-state index is 0.0132. The lowest BCUT2D eigenvalue weighted by Crippen LogP contribution is -2.54. The first-order chi connectivity index (χ1) is 9.08. The number of hydrogen-bond acceptors (Lipinski definition) is 4. The highest BCUT2D eigenvalue weighted by Gasteiger charge is 2.31. The first kappa shape index (κ1) is 17.4. The Labute approximate surface area is 122 Å². The van der Waals surface area contributed by atoms with E-state index in [-0.39, 0.29) is 23.1 Å². The number of amides is 1. The zero-order valence-electron chi connectivity index (χ0n) is 12.8. The molecular formula is C13H27N3O3S. The van der Waals surface area contributed by atoms with Crippen molar-refractivity contribution < 1.29 is 13.2 Å². The molecule has 20 heavy (non-hydrogen) atoms. The molecule has 7 heteroatoms. The molecule has 1 rings (SSSR count). The topological polar surface area (TPSA) is 92.5 Å². The first-order valence-electron chi connectivity index (χ1n) is 7.11. The summed E-state index contributed by atoms with van der Waals surface area (Å²) in [4.78, 5) is 12.0. The summed E-state index contributed by atoms with van der Waals surface area (Å²) in [6.45, 7) is 8.35. The van der Waals surface area contributed by atoms with Gasteiger partial charge in [-0.3, -0.25) is 4.79 Å². The Kier molecular flexibility index (Phi) is 5.57. The van der Waals surface area contributed by atoms with Gasteiger partial charge in [-0.25, -0.2) is 12.7 Å². The third kappa shape index (κ3) is 4.43. The highest BCUT2D eigenvalue weighted by Crippen LogP contribution is 2.19. The van der Waals surface area contributed by atoms with Crippen LogP contribution in [-0.4, -0.2) is 49.6 Å². The average molecular weight is 305 g/mol. The molecule has 1 heterocycles. The van der Waals surface area contributed by atoms with Crippen molar-refractivity contribution in [3.05, 3.63) is 0 Å². The molecule has 118 valence electrons. The van der Waals surface area contributed by atoms with Crippen LogP contribution in [0.2, 0.25) is 0 Å². The maximum absolute atomic E-state index is 12.0. The lowest BCUT2D eigenvalue weighted by Gasteiger charge is -2.33. The van der Waals surface area contributed by atoms with E-state index in [1.54, 1.807) is 6.92 Å². The van der Waals surface area contributed by atoms with Crippen LogP contribution < -0.4 is 11.1 Å². The fourth-order valence-electron chi connectivity index (χ4n) is 2.15. The largest absolute Gasteiger partial charge is 0.352 e. The van der Waals surface area contributed by atoms with E-state index in [4.69, 9.17) is 5.73 Å². The van der Waals surface area contributed by atoms with Crippen molar-refractivity contribution in [3.8, 4) is 0 Å². The van der Waals surface area contributed by atoms with E-state index in [0.717, 1.165) is 0 Å². The molecule has 1 aliphatic rings. The van der Waals surface area contributed by atoms with Gasteiger partial charge >= 0.3 is 0 Å². The molecule has 0 bridgehead atoms. The van der Waals surface area contributed by atoms with Gasteiger partial charge in [0.1, 0.15) is 0 Å². The molecule has 1 aliphatic heterocycles. The summed E-state index contributed by atoms with van der Waals surface area (Å²) in [5.41, 5.74) is 5.63. The van der Waals surface area contributed by atoms with E-state index in [1.807, 2.05) is 20.8 Å². The zero-order valence-corrected chi connectivity index (χ0v) is 13.7. The van der Waals surface area contributed by atoms with Gasteiger partial charge in [-0.1, -0.05) is 20.8 Å². The molecule has 0 saturated carbocycles. The van der Waals surface area contributed by atoms with Gasteiger partial charge in [0.25, 0.3) is 0 Å². The molecule has 3 N–H and O–H groups in total. The number of sulfonamides is 1. The molecular weight excluding hydrogens is 278 g/mol. The predicted octanol–water partition coefficient (Wildman–Crippen LogP) is 0.290. The highest BCUT2D eigenvalue weighted by atomic mass is 32.2. The molecule has 6 nitrogen and oxygen atoms in total. The summed E-state index contributed by atoms with van der Waals surface area (Å²) < 4.78 is 25.0. The van der Waals surface area contributed by atoms with Gasteiger partial charge in [-0.2, -0.15) is 0 Å². The number of nitrogens with zero attached hydrogens (tertiary/aromatic N) is 1. The van der Waals surface area contributed by atoms with Gasteiger partial charge in [0, 0.05) is 19.1 Å². The van der Waals surface area contributed by atoms with Gasteiger partial charge in [-0.15, -0.1) is 0 Å². The number of rotatable bonds is 4. The van der Waals surface area contributed by atoms with Crippen molar-refractivity contribution in [1.29, 1.82) is 0 Å². The molecule has 1 atom stereocenters. The Hall–Kier alpha value is -0.660. The SMILES string of the molecule is CCS(=O)(=O)N1CCC(NC(=O)[C@@H](N)C(C)(C)C)CC1. The zero-order chi connectivity index (χ0) is 15.6. The van der Waals surface area contributed by atoms with Crippen LogP contribution in [0.4, 0.5) is 0 Å². The number of nitrogens with one attached hydrogen (secondary N) is 1. The van der Waals surface area contributed by atoms with Gasteiger partial charge in [0.05, 0.1) is 11.8 Å². The van der Waals surface area contributed by atoms with Crippen LogP contribution in [0.3, 0.4) is 0 Å². The van der Waals surface area contributed by atoms with Crippen LogP contribution >= 0.6 is 0 Å². The number of hydrogen-bond donors (Lipinski definition) is 2. The van der Waals surface area contributed by atoms with Crippen LogP contribution in [0.25, 0.3) is 0 Å². The fourth-order valence-corrected chi connectivity index (χ4v) is 3.28. The van der Waals surface area contributed by atoms with Gasteiger partial charge in [0.15, 0.2) is 0 Å². The Bertz CT molecular complexity index is 434. The molecule has 0 radical (unpaired) electrons. The number of carbonyl (C=O) groups excluding carboxylic acids is 1. The minimum atomic E-state index is -3.12. The summed E-state index contributed by atoms with van der Waals surface area (Å²) in [5, 5.41) is 2.93. The number of nitrogens with two attached hydrogens (primary N) is 1. The maximum Gasteiger partial charge on any atom is 0.237 e. The molecule has 1 amide bonds. The maximum atomic E-state index is 12.0. The summed E-state index contributed by atoms with van der Waals surface area (Å²) in [6.07, 6.45) is 1.28. The number of piperidine rings is 1. The molecule has 0 aliphatic carbocycles. The molecule has 0 aromatic heterocycles. The van der Waals surface area contributed by atoms with Crippen molar-refractivity contribution >= 4 is 15.9 Å². The van der Waals surface area contributed by atoms with Crippen LogP contribution in [0, 0.1) is 5.41 Å². The molecule has 0 aromatic carbocycles. The highest BCUT2D eigenvalue weighted by molar-refractivity contribution is 7.89. The molecule has 0 aromatic rings. The summed E-state index contributed by atoms with van der Waals surface area (Å²) in [6, 6.07) is -0.542. The number of carbonyl (C=O) groups is 1. The second kappa shape index (κ2) is 6.41. The second-order valence-corrected chi connectivity index (χ2v) is 8.68.